The minimum absolute atomic E-state index is 0.119. The highest BCUT2D eigenvalue weighted by atomic mass is 19.3. The first-order valence-corrected chi connectivity index (χ1v) is 9.41. The monoisotopic (exact) mass is 395 g/mol. The maximum absolute atomic E-state index is 12.8. The summed E-state index contributed by atoms with van der Waals surface area (Å²) in [7, 11) is 0. The van der Waals surface area contributed by atoms with Crippen LogP contribution in [0.2, 0.25) is 0 Å². The summed E-state index contributed by atoms with van der Waals surface area (Å²) in [6.07, 6.45) is 1.57. The average molecular weight is 395 g/mol. The van der Waals surface area contributed by atoms with Gasteiger partial charge in [0.1, 0.15) is 5.75 Å². The molecule has 5 nitrogen and oxygen atoms in total. The lowest BCUT2D eigenvalue weighted by molar-refractivity contribution is -0.0497. The molecule has 7 heteroatoms. The molecule has 0 aliphatic carbocycles. The van der Waals surface area contributed by atoms with Crippen molar-refractivity contribution >= 4 is 16.8 Å². The maximum atomic E-state index is 12.8. The molecular weight excluding hydrogens is 376 g/mol. The molecule has 0 saturated carbocycles. The number of benzene rings is 2. The van der Waals surface area contributed by atoms with Gasteiger partial charge in [0, 0.05) is 35.6 Å². The Balaban J connectivity index is 1.45. The Morgan fingerprint density at radius 1 is 1.17 bits per heavy atom. The van der Waals surface area contributed by atoms with Gasteiger partial charge < -0.3 is 14.6 Å². The van der Waals surface area contributed by atoms with E-state index in [4.69, 9.17) is 0 Å². The smallest absolute Gasteiger partial charge is 0.387 e. The number of hydrogen-bond donors (Lipinski definition) is 1. The Morgan fingerprint density at radius 2 is 1.93 bits per heavy atom. The van der Waals surface area contributed by atoms with Crippen LogP contribution in [0.5, 0.6) is 5.75 Å². The molecule has 1 saturated heterocycles. The lowest BCUT2D eigenvalue weighted by Crippen LogP contribution is -2.38. The maximum Gasteiger partial charge on any atom is 0.387 e. The molecule has 1 fully saturated rings. The summed E-state index contributed by atoms with van der Waals surface area (Å²) < 4.78 is 29.3. The number of hydrogen-bond acceptors (Lipinski definition) is 3. The number of carbonyl (C=O) groups excluding carboxylic acids is 1. The number of carbonyl (C=O) groups is 1. The molecule has 1 N–H and O–H groups in total. The van der Waals surface area contributed by atoms with Gasteiger partial charge in [-0.3, -0.25) is 4.79 Å². The van der Waals surface area contributed by atoms with Crippen molar-refractivity contribution in [2.45, 2.75) is 25.4 Å². The number of amides is 1. The van der Waals surface area contributed by atoms with Crippen LogP contribution in [0.4, 0.5) is 8.78 Å². The van der Waals surface area contributed by atoms with Gasteiger partial charge in [0.05, 0.1) is 17.2 Å². The SMILES string of the molecule is N#Cc1ccccc1C(=O)N1CCC(c2cc3cc(OC(F)F)ccc3[nH]2)CC1. The molecule has 1 aromatic heterocycles. The standard InChI is InChI=1S/C22H19F2N3O2/c23-22(24)29-17-5-6-19-16(11-17)12-20(26-19)14-7-9-27(10-8-14)21(28)18-4-2-1-3-15(18)13-25/h1-6,11-12,14,22,26H,7-10H2. The van der Waals surface area contributed by atoms with Gasteiger partial charge in [0.15, 0.2) is 0 Å². The average Bonchev–Trinajstić information content (AvgIpc) is 3.16. The molecule has 0 radical (unpaired) electrons. The summed E-state index contributed by atoms with van der Waals surface area (Å²) in [6.45, 7) is -1.66. The predicted octanol–water partition coefficient (Wildman–Crippen LogP) is 4.66. The first kappa shape index (κ1) is 18.9. The lowest BCUT2D eigenvalue weighted by atomic mass is 9.93. The van der Waals surface area contributed by atoms with E-state index in [1.54, 1.807) is 41.3 Å². The van der Waals surface area contributed by atoms with E-state index in [0.717, 1.165) is 29.4 Å². The molecular formula is C22H19F2N3O2. The Morgan fingerprint density at radius 3 is 2.66 bits per heavy atom. The molecule has 2 aromatic carbocycles. The van der Waals surface area contributed by atoms with E-state index in [0.29, 0.717) is 24.2 Å². The summed E-state index contributed by atoms with van der Waals surface area (Å²) in [5.74, 6) is 0.262. The van der Waals surface area contributed by atoms with Gasteiger partial charge in [-0.15, -0.1) is 0 Å². The molecule has 3 aromatic rings. The third-order valence-corrected chi connectivity index (χ3v) is 5.34. The molecule has 0 atom stereocenters. The van der Waals surface area contributed by atoms with Crippen LogP contribution in [-0.4, -0.2) is 35.5 Å². The van der Waals surface area contributed by atoms with E-state index in [1.807, 2.05) is 6.07 Å². The van der Waals surface area contributed by atoms with E-state index < -0.39 is 6.61 Å². The molecule has 1 aliphatic heterocycles. The fraction of sp³-hybridized carbons (Fsp3) is 0.273. The summed E-state index contributed by atoms with van der Waals surface area (Å²) >= 11 is 0. The molecule has 2 heterocycles. The predicted molar refractivity (Wildman–Crippen MR) is 104 cm³/mol. The van der Waals surface area contributed by atoms with Crippen LogP contribution < -0.4 is 4.74 Å². The van der Waals surface area contributed by atoms with Crippen molar-refractivity contribution in [3.63, 3.8) is 0 Å². The highest BCUT2D eigenvalue weighted by Crippen LogP contribution is 2.32. The molecule has 0 unspecified atom stereocenters. The van der Waals surface area contributed by atoms with Crippen LogP contribution in [0.1, 0.15) is 40.4 Å². The molecule has 4 rings (SSSR count). The van der Waals surface area contributed by atoms with Crippen LogP contribution in [0.25, 0.3) is 10.9 Å². The number of nitrogens with zero attached hydrogens (tertiary/aromatic N) is 2. The zero-order chi connectivity index (χ0) is 20.4. The minimum atomic E-state index is -2.85. The van der Waals surface area contributed by atoms with Crippen LogP contribution >= 0.6 is 0 Å². The second kappa shape index (κ2) is 7.92. The molecule has 148 valence electrons. The van der Waals surface area contributed by atoms with E-state index in [-0.39, 0.29) is 17.6 Å². The van der Waals surface area contributed by atoms with Crippen LogP contribution in [0, 0.1) is 11.3 Å². The number of aromatic nitrogens is 1. The number of aromatic amines is 1. The largest absolute Gasteiger partial charge is 0.435 e. The van der Waals surface area contributed by atoms with Crippen molar-refractivity contribution in [2.75, 3.05) is 13.1 Å². The number of piperidine rings is 1. The highest BCUT2D eigenvalue weighted by Gasteiger charge is 2.26. The Labute approximate surface area is 166 Å². The topological polar surface area (TPSA) is 69.1 Å². The number of rotatable bonds is 4. The zero-order valence-corrected chi connectivity index (χ0v) is 15.6. The van der Waals surface area contributed by atoms with Crippen molar-refractivity contribution in [1.82, 2.24) is 9.88 Å². The van der Waals surface area contributed by atoms with Gasteiger partial charge in [-0.25, -0.2) is 0 Å². The van der Waals surface area contributed by atoms with E-state index in [1.165, 1.54) is 6.07 Å². The molecule has 1 aliphatic rings. The quantitative estimate of drug-likeness (QED) is 0.699. The molecule has 29 heavy (non-hydrogen) atoms. The molecule has 1 amide bonds. The Hall–Kier alpha value is -3.40. The van der Waals surface area contributed by atoms with E-state index in [9.17, 15) is 18.8 Å². The van der Waals surface area contributed by atoms with Crippen molar-refractivity contribution in [1.29, 1.82) is 5.26 Å². The van der Waals surface area contributed by atoms with Crippen molar-refractivity contribution in [3.8, 4) is 11.8 Å². The minimum Gasteiger partial charge on any atom is -0.435 e. The van der Waals surface area contributed by atoms with E-state index in [2.05, 4.69) is 15.8 Å². The van der Waals surface area contributed by atoms with Gasteiger partial charge in [0.2, 0.25) is 0 Å². The van der Waals surface area contributed by atoms with Gasteiger partial charge in [-0.05, 0) is 49.2 Å². The first-order valence-electron chi connectivity index (χ1n) is 9.41. The van der Waals surface area contributed by atoms with Crippen molar-refractivity contribution in [2.24, 2.45) is 0 Å². The summed E-state index contributed by atoms with van der Waals surface area (Å²) in [6, 6.07) is 15.7. The lowest BCUT2D eigenvalue weighted by Gasteiger charge is -2.32. The number of alkyl halides is 2. The third-order valence-electron chi connectivity index (χ3n) is 5.34. The number of H-pyrrole nitrogens is 1. The van der Waals surface area contributed by atoms with Gasteiger partial charge >= 0.3 is 6.61 Å². The molecule has 0 bridgehead atoms. The Kier molecular flexibility index (Phi) is 5.17. The highest BCUT2D eigenvalue weighted by molar-refractivity contribution is 5.96. The Bertz CT molecular complexity index is 1080. The van der Waals surface area contributed by atoms with Gasteiger partial charge in [-0.1, -0.05) is 12.1 Å². The summed E-state index contributed by atoms with van der Waals surface area (Å²) in [5, 5.41) is 10.0. The van der Waals surface area contributed by atoms with Crippen LogP contribution in [0.15, 0.2) is 48.5 Å². The number of likely N-dealkylation sites (tertiary alicyclic amines) is 1. The summed E-state index contributed by atoms with van der Waals surface area (Å²) in [5.41, 5.74) is 2.71. The van der Waals surface area contributed by atoms with Crippen LogP contribution in [0.3, 0.4) is 0 Å². The summed E-state index contributed by atoms with van der Waals surface area (Å²) in [4.78, 5) is 17.9. The normalized spacial score (nSPS) is 14.9. The second-order valence-corrected chi connectivity index (χ2v) is 7.08. The number of halogens is 2. The van der Waals surface area contributed by atoms with Crippen molar-refractivity contribution in [3.05, 3.63) is 65.4 Å². The first-order chi connectivity index (χ1) is 14.0. The molecule has 0 spiro atoms. The number of nitriles is 1. The second-order valence-electron chi connectivity index (χ2n) is 7.08. The van der Waals surface area contributed by atoms with Gasteiger partial charge in [-0.2, -0.15) is 14.0 Å². The van der Waals surface area contributed by atoms with Crippen molar-refractivity contribution < 1.29 is 18.3 Å². The number of fused-ring (bicyclic) bond motifs is 1. The van der Waals surface area contributed by atoms with Gasteiger partial charge in [0.25, 0.3) is 5.91 Å². The van der Waals surface area contributed by atoms with E-state index >= 15 is 0 Å². The number of ether oxygens (including phenoxy) is 1. The fourth-order valence-electron chi connectivity index (χ4n) is 3.86. The number of nitrogens with one attached hydrogen (secondary N) is 1. The zero-order valence-electron chi connectivity index (χ0n) is 15.6. The fourth-order valence-corrected chi connectivity index (χ4v) is 3.86. The third kappa shape index (κ3) is 3.92. The van der Waals surface area contributed by atoms with Crippen LogP contribution in [-0.2, 0) is 0 Å².